The molecule has 1 aromatic heterocycles. The highest BCUT2D eigenvalue weighted by Crippen LogP contribution is 2.31. The van der Waals surface area contributed by atoms with Gasteiger partial charge >= 0.3 is 0 Å². The summed E-state index contributed by atoms with van der Waals surface area (Å²) >= 11 is 0. The van der Waals surface area contributed by atoms with Crippen LogP contribution in [0.5, 0.6) is 0 Å². The van der Waals surface area contributed by atoms with Gasteiger partial charge in [0.1, 0.15) is 11.3 Å². The van der Waals surface area contributed by atoms with Crippen LogP contribution in [0.4, 0.5) is 0 Å². The third-order valence-corrected chi connectivity index (χ3v) is 4.85. The summed E-state index contributed by atoms with van der Waals surface area (Å²) in [4.78, 5) is 27.8. The first-order valence-corrected chi connectivity index (χ1v) is 9.39. The Labute approximate surface area is 136 Å². The van der Waals surface area contributed by atoms with E-state index in [-0.39, 0.29) is 5.91 Å². The Morgan fingerprint density at radius 3 is 2.30 bits per heavy atom. The number of piperidine rings is 1. The molecule has 1 aliphatic heterocycles. The molecule has 0 unspecified atom stereocenters. The molecule has 0 saturated carbocycles. The summed E-state index contributed by atoms with van der Waals surface area (Å²) in [6, 6.07) is 1.76. The third-order valence-electron chi connectivity index (χ3n) is 4.08. The van der Waals surface area contributed by atoms with Crippen molar-refractivity contribution in [3.8, 4) is 0 Å². The molecule has 0 bridgehead atoms. The zero-order chi connectivity index (χ0) is 17.3. The van der Waals surface area contributed by atoms with Crippen molar-refractivity contribution < 1.29 is 18.0 Å². The van der Waals surface area contributed by atoms with Gasteiger partial charge in [-0.05, 0) is 18.9 Å². The molecule has 23 heavy (non-hydrogen) atoms. The molecule has 2 amide bonds. The van der Waals surface area contributed by atoms with Crippen molar-refractivity contribution >= 4 is 21.7 Å². The van der Waals surface area contributed by atoms with E-state index in [0.717, 1.165) is 6.26 Å². The number of rotatable bonds is 4. The Morgan fingerprint density at radius 1 is 1.26 bits per heavy atom. The van der Waals surface area contributed by atoms with E-state index in [2.05, 4.69) is 5.10 Å². The van der Waals surface area contributed by atoms with Crippen LogP contribution in [-0.2, 0) is 25.0 Å². The topological polar surface area (TPSA) is 92.6 Å². The maximum Gasteiger partial charge on any atom is 0.250 e. The average Bonchev–Trinajstić information content (AvgIpc) is 2.99. The van der Waals surface area contributed by atoms with Crippen molar-refractivity contribution in [1.29, 1.82) is 0 Å². The standard InChI is InChI=1S/C14H22N4O4S/c1-16(2)13(20)14(18-8-4-7-15-18)5-9-17(10-6-14)12(19)11-23(3,21)22/h4,7-8H,5-6,9-11H2,1-3H3. The van der Waals surface area contributed by atoms with Gasteiger partial charge in [-0.3, -0.25) is 14.3 Å². The second-order valence-corrected chi connectivity index (χ2v) is 8.27. The van der Waals surface area contributed by atoms with E-state index in [1.54, 1.807) is 37.2 Å². The van der Waals surface area contributed by atoms with E-state index >= 15 is 0 Å². The van der Waals surface area contributed by atoms with Gasteiger partial charge in [-0.25, -0.2) is 8.42 Å². The Bertz CT molecular complexity index is 674. The lowest BCUT2D eigenvalue weighted by Crippen LogP contribution is -2.56. The molecule has 1 aromatic rings. The van der Waals surface area contributed by atoms with Crippen LogP contribution in [0.3, 0.4) is 0 Å². The van der Waals surface area contributed by atoms with Crippen LogP contribution < -0.4 is 0 Å². The molecule has 1 saturated heterocycles. The van der Waals surface area contributed by atoms with Crippen molar-refractivity contribution in [2.45, 2.75) is 18.4 Å². The fraction of sp³-hybridized carbons (Fsp3) is 0.643. The molecular weight excluding hydrogens is 320 g/mol. The summed E-state index contributed by atoms with van der Waals surface area (Å²) in [6.07, 6.45) is 5.21. The minimum atomic E-state index is -3.36. The highest BCUT2D eigenvalue weighted by molar-refractivity contribution is 7.91. The highest BCUT2D eigenvalue weighted by atomic mass is 32.2. The molecule has 0 spiro atoms. The van der Waals surface area contributed by atoms with Gasteiger partial charge in [-0.1, -0.05) is 0 Å². The molecule has 2 heterocycles. The smallest absolute Gasteiger partial charge is 0.250 e. The quantitative estimate of drug-likeness (QED) is 0.724. The Balaban J connectivity index is 2.18. The maximum absolute atomic E-state index is 12.7. The van der Waals surface area contributed by atoms with Gasteiger partial charge < -0.3 is 9.80 Å². The third kappa shape index (κ3) is 3.72. The number of amides is 2. The van der Waals surface area contributed by atoms with E-state index < -0.39 is 27.0 Å². The highest BCUT2D eigenvalue weighted by Gasteiger charge is 2.45. The first-order valence-electron chi connectivity index (χ1n) is 7.33. The molecule has 0 aromatic carbocycles. The second-order valence-electron chi connectivity index (χ2n) is 6.13. The number of nitrogens with zero attached hydrogens (tertiary/aromatic N) is 4. The number of carbonyl (C=O) groups excluding carboxylic acids is 2. The number of aromatic nitrogens is 2. The molecule has 0 N–H and O–H groups in total. The second kappa shape index (κ2) is 6.31. The number of likely N-dealkylation sites (tertiary alicyclic amines) is 1. The minimum absolute atomic E-state index is 0.0728. The monoisotopic (exact) mass is 342 g/mol. The molecule has 128 valence electrons. The predicted octanol–water partition coefficient (Wildman–Crippen LogP) is -0.666. The molecule has 1 aliphatic rings. The van der Waals surface area contributed by atoms with E-state index in [1.165, 1.54) is 9.80 Å². The first kappa shape index (κ1) is 17.5. The lowest BCUT2D eigenvalue weighted by atomic mass is 9.86. The summed E-state index contributed by atoms with van der Waals surface area (Å²) in [5.74, 6) is -0.987. The normalized spacial score (nSPS) is 17.8. The van der Waals surface area contributed by atoms with E-state index in [1.807, 2.05) is 0 Å². The first-order chi connectivity index (χ1) is 10.7. The number of likely N-dealkylation sites (N-methyl/N-ethyl adjacent to an activating group) is 1. The van der Waals surface area contributed by atoms with Gasteiger partial charge in [0, 0.05) is 45.8 Å². The van der Waals surface area contributed by atoms with E-state index in [4.69, 9.17) is 0 Å². The molecule has 8 nitrogen and oxygen atoms in total. The molecule has 0 atom stereocenters. The molecule has 0 aliphatic carbocycles. The van der Waals surface area contributed by atoms with Crippen LogP contribution in [0.2, 0.25) is 0 Å². The van der Waals surface area contributed by atoms with Gasteiger partial charge in [-0.15, -0.1) is 0 Å². The van der Waals surface area contributed by atoms with Crippen molar-refractivity contribution in [2.24, 2.45) is 0 Å². The van der Waals surface area contributed by atoms with Crippen LogP contribution in [0, 0.1) is 0 Å². The number of sulfone groups is 1. The number of hydrogen-bond donors (Lipinski definition) is 0. The zero-order valence-electron chi connectivity index (χ0n) is 13.6. The van der Waals surface area contributed by atoms with E-state index in [0.29, 0.717) is 25.9 Å². The van der Waals surface area contributed by atoms with Gasteiger partial charge in [0.05, 0.1) is 0 Å². The van der Waals surface area contributed by atoms with Crippen LogP contribution in [0.15, 0.2) is 18.5 Å². The lowest BCUT2D eigenvalue weighted by Gasteiger charge is -2.41. The largest absolute Gasteiger partial charge is 0.347 e. The summed E-state index contributed by atoms with van der Waals surface area (Å²) in [6.45, 7) is 0.654. The maximum atomic E-state index is 12.7. The van der Waals surface area contributed by atoms with Crippen molar-refractivity contribution in [2.75, 3.05) is 39.2 Å². The SMILES string of the molecule is CN(C)C(=O)C1(n2cccn2)CCN(C(=O)CS(C)(=O)=O)CC1. The average molecular weight is 342 g/mol. The van der Waals surface area contributed by atoms with E-state index in [9.17, 15) is 18.0 Å². The molecular formula is C14H22N4O4S. The number of hydrogen-bond acceptors (Lipinski definition) is 5. The van der Waals surface area contributed by atoms with Crippen LogP contribution in [0.1, 0.15) is 12.8 Å². The Hall–Kier alpha value is -1.90. The Kier molecular flexibility index (Phi) is 4.79. The van der Waals surface area contributed by atoms with Gasteiger partial charge in [0.15, 0.2) is 9.84 Å². The minimum Gasteiger partial charge on any atom is -0.347 e. The fourth-order valence-corrected chi connectivity index (χ4v) is 3.55. The van der Waals surface area contributed by atoms with Crippen molar-refractivity contribution in [3.05, 3.63) is 18.5 Å². The summed E-state index contributed by atoms with van der Waals surface area (Å²) in [5.41, 5.74) is -0.825. The summed E-state index contributed by atoms with van der Waals surface area (Å²) in [7, 11) is 0.0202. The Morgan fingerprint density at radius 2 is 1.87 bits per heavy atom. The zero-order valence-corrected chi connectivity index (χ0v) is 14.4. The summed E-state index contributed by atoms with van der Waals surface area (Å²) in [5, 5.41) is 4.21. The van der Waals surface area contributed by atoms with Crippen molar-refractivity contribution in [3.63, 3.8) is 0 Å². The molecule has 0 radical (unpaired) electrons. The fourth-order valence-electron chi connectivity index (χ4n) is 2.92. The van der Waals surface area contributed by atoms with Gasteiger partial charge in [0.25, 0.3) is 0 Å². The molecule has 9 heteroatoms. The lowest BCUT2D eigenvalue weighted by molar-refractivity contribution is -0.144. The molecule has 2 rings (SSSR count). The summed E-state index contributed by atoms with van der Waals surface area (Å²) < 4.78 is 24.2. The molecule has 1 fully saturated rings. The number of carbonyl (C=O) groups is 2. The predicted molar refractivity (Wildman–Crippen MR) is 84.4 cm³/mol. The van der Waals surface area contributed by atoms with Crippen LogP contribution in [-0.4, -0.2) is 79.0 Å². The van der Waals surface area contributed by atoms with Gasteiger partial charge in [-0.2, -0.15) is 5.10 Å². The van der Waals surface area contributed by atoms with Gasteiger partial charge in [0.2, 0.25) is 11.8 Å². The van der Waals surface area contributed by atoms with Crippen LogP contribution in [0.25, 0.3) is 0 Å². The van der Waals surface area contributed by atoms with Crippen LogP contribution >= 0.6 is 0 Å². The van der Waals surface area contributed by atoms with Crippen molar-refractivity contribution in [1.82, 2.24) is 19.6 Å².